The van der Waals surface area contributed by atoms with Gasteiger partial charge in [0.1, 0.15) is 10.4 Å². The molecule has 0 spiro atoms. The molecule has 182 valence electrons. The third-order valence-corrected chi connectivity index (χ3v) is 8.16. The van der Waals surface area contributed by atoms with Crippen molar-refractivity contribution in [2.45, 2.75) is 25.3 Å². The molecule has 5 heterocycles. The lowest BCUT2D eigenvalue weighted by atomic mass is 10.1. The van der Waals surface area contributed by atoms with E-state index in [1.54, 1.807) is 0 Å². The maximum absolute atomic E-state index is 15.2. The second-order valence-corrected chi connectivity index (χ2v) is 10.4. The van der Waals surface area contributed by atoms with Crippen molar-refractivity contribution in [3.05, 3.63) is 51.9 Å². The summed E-state index contributed by atoms with van der Waals surface area (Å²) in [6.45, 7) is 4.38. The van der Waals surface area contributed by atoms with Crippen molar-refractivity contribution in [2.24, 2.45) is 5.73 Å². The first kappa shape index (κ1) is 22.4. The minimum Gasteiger partial charge on any atom is -0.353 e. The molecule has 4 aromatic rings. The molecule has 0 aliphatic carbocycles. The quantitative estimate of drug-likeness (QED) is 0.443. The molecule has 35 heavy (non-hydrogen) atoms. The minimum absolute atomic E-state index is 0.0387. The molecule has 2 aliphatic rings. The Morgan fingerprint density at radius 3 is 2.80 bits per heavy atom. The number of pyridine rings is 2. The van der Waals surface area contributed by atoms with Crippen LogP contribution in [0.15, 0.2) is 35.1 Å². The zero-order valence-corrected chi connectivity index (χ0v) is 20.1. The fraction of sp³-hybridized carbons (Fsp3) is 0.400. The van der Waals surface area contributed by atoms with Crippen LogP contribution in [0.2, 0.25) is 0 Å². The van der Waals surface area contributed by atoms with Crippen molar-refractivity contribution in [2.75, 3.05) is 44.2 Å². The van der Waals surface area contributed by atoms with Crippen molar-refractivity contribution in [3.63, 3.8) is 0 Å². The number of hydrogen-bond acceptors (Lipinski definition) is 7. The topological polar surface area (TPSA) is 96.0 Å². The number of aromatic nitrogens is 2. The fourth-order valence-electron chi connectivity index (χ4n) is 5.22. The number of likely N-dealkylation sites (tertiary alicyclic amines) is 1. The van der Waals surface area contributed by atoms with Gasteiger partial charge in [-0.05, 0) is 50.6 Å². The van der Waals surface area contributed by atoms with E-state index in [1.807, 2.05) is 33.6 Å². The summed E-state index contributed by atoms with van der Waals surface area (Å²) in [5, 5.41) is 3.02. The number of fused-ring (bicyclic) bond motifs is 5. The Bertz CT molecular complexity index is 1510. The number of benzene rings is 1. The van der Waals surface area contributed by atoms with Gasteiger partial charge in [0.25, 0.3) is 5.91 Å². The second-order valence-electron chi connectivity index (χ2n) is 9.38. The van der Waals surface area contributed by atoms with Crippen molar-refractivity contribution in [1.29, 1.82) is 0 Å². The van der Waals surface area contributed by atoms with Crippen LogP contribution >= 0.6 is 11.3 Å². The van der Waals surface area contributed by atoms with Crippen molar-refractivity contribution < 1.29 is 9.18 Å². The lowest BCUT2D eigenvalue weighted by Gasteiger charge is -2.19. The van der Waals surface area contributed by atoms with Crippen LogP contribution in [0, 0.1) is 5.82 Å². The number of nitrogens with two attached hydrogens (primary N) is 1. The monoisotopic (exact) mass is 494 g/mol. The van der Waals surface area contributed by atoms with Crippen LogP contribution in [0.25, 0.3) is 26.1 Å². The molecule has 0 bridgehead atoms. The number of anilines is 1. The number of halogens is 1. The fourth-order valence-corrected chi connectivity index (χ4v) is 6.41. The molecule has 3 aromatic heterocycles. The summed E-state index contributed by atoms with van der Waals surface area (Å²) in [4.78, 5) is 36.2. The van der Waals surface area contributed by atoms with Gasteiger partial charge in [0, 0.05) is 32.2 Å². The molecule has 6 rings (SSSR count). The summed E-state index contributed by atoms with van der Waals surface area (Å²) in [6.07, 6.45) is 3.10. The van der Waals surface area contributed by atoms with E-state index in [4.69, 9.17) is 5.73 Å². The molecular formula is C25H27FN6O2S. The Balaban J connectivity index is 1.50. The standard InChI is InChI=1S/C25H27FN6O2S/c26-17-13-16-21(33)20(24(34)28-8-12-30-9-3-4-10-30)25-32(18-5-1-2-6-19(18)35-25)22(16)29-23(17)31-11-7-15(27)14-31/h1-2,5-6,13,15H,3-4,7-12,14,27H2,(H,28,34). The van der Waals surface area contributed by atoms with E-state index in [0.29, 0.717) is 30.1 Å². The molecular weight excluding hydrogens is 467 g/mol. The SMILES string of the molecule is NC1CCN(c2nc3c(cc2F)c(=O)c(C(=O)NCCN2CCCC2)c2sc4ccccc4n23)C1. The highest BCUT2D eigenvalue weighted by Crippen LogP contribution is 2.32. The highest BCUT2D eigenvalue weighted by Gasteiger charge is 2.27. The van der Waals surface area contributed by atoms with Crippen LogP contribution in [0.5, 0.6) is 0 Å². The number of nitrogens with zero attached hydrogens (tertiary/aromatic N) is 4. The van der Waals surface area contributed by atoms with Crippen molar-refractivity contribution >= 4 is 49.1 Å². The molecule has 1 amide bonds. The van der Waals surface area contributed by atoms with Gasteiger partial charge in [-0.2, -0.15) is 0 Å². The number of para-hydroxylation sites is 1. The van der Waals surface area contributed by atoms with Gasteiger partial charge in [0.2, 0.25) is 5.43 Å². The van der Waals surface area contributed by atoms with Gasteiger partial charge in [0.15, 0.2) is 17.3 Å². The maximum Gasteiger partial charge on any atom is 0.258 e. The minimum atomic E-state index is -0.580. The predicted molar refractivity (Wildman–Crippen MR) is 137 cm³/mol. The first-order chi connectivity index (χ1) is 17.0. The van der Waals surface area contributed by atoms with Gasteiger partial charge >= 0.3 is 0 Å². The Morgan fingerprint density at radius 2 is 2.03 bits per heavy atom. The summed E-state index contributed by atoms with van der Waals surface area (Å²) >= 11 is 1.37. The van der Waals surface area contributed by atoms with Crippen LogP contribution in [-0.2, 0) is 0 Å². The zero-order valence-electron chi connectivity index (χ0n) is 19.3. The zero-order chi connectivity index (χ0) is 24.1. The molecule has 0 saturated carbocycles. The third-order valence-electron chi connectivity index (χ3n) is 7.01. The Labute approximate surface area is 205 Å². The van der Waals surface area contributed by atoms with E-state index in [0.717, 1.165) is 36.3 Å². The van der Waals surface area contributed by atoms with Crippen LogP contribution in [-0.4, -0.2) is 65.5 Å². The number of rotatable bonds is 5. The van der Waals surface area contributed by atoms with Crippen molar-refractivity contribution in [1.82, 2.24) is 19.6 Å². The summed E-state index contributed by atoms with van der Waals surface area (Å²) in [7, 11) is 0. The Hall–Kier alpha value is -3.08. The molecule has 1 unspecified atom stereocenters. The second kappa shape index (κ2) is 8.85. The summed E-state index contributed by atoms with van der Waals surface area (Å²) in [5.41, 5.74) is 6.76. The number of hydrogen-bond donors (Lipinski definition) is 2. The van der Waals surface area contributed by atoms with Gasteiger partial charge in [-0.15, -0.1) is 11.3 Å². The normalized spacial score (nSPS) is 18.9. The molecule has 1 atom stereocenters. The van der Waals surface area contributed by atoms with E-state index < -0.39 is 17.2 Å². The van der Waals surface area contributed by atoms with Crippen LogP contribution in [0.3, 0.4) is 0 Å². The maximum atomic E-state index is 15.2. The molecule has 10 heteroatoms. The number of nitrogens with one attached hydrogen (secondary N) is 1. The average Bonchev–Trinajstić information content (AvgIpc) is 3.59. The molecule has 2 saturated heterocycles. The summed E-state index contributed by atoms with van der Waals surface area (Å²) in [5.74, 6) is -0.824. The molecule has 1 aromatic carbocycles. The smallest absolute Gasteiger partial charge is 0.258 e. The highest BCUT2D eigenvalue weighted by atomic mass is 32.1. The van der Waals surface area contributed by atoms with Crippen LogP contribution < -0.4 is 21.4 Å². The summed E-state index contributed by atoms with van der Waals surface area (Å²) < 4.78 is 18.0. The van der Waals surface area contributed by atoms with E-state index in [2.05, 4.69) is 15.2 Å². The average molecular weight is 495 g/mol. The van der Waals surface area contributed by atoms with Gasteiger partial charge in [-0.25, -0.2) is 9.37 Å². The Kier molecular flexibility index (Phi) is 5.66. The lowest BCUT2D eigenvalue weighted by molar-refractivity contribution is 0.0950. The molecule has 2 aliphatic heterocycles. The highest BCUT2D eigenvalue weighted by molar-refractivity contribution is 7.24. The van der Waals surface area contributed by atoms with E-state index in [9.17, 15) is 9.59 Å². The Morgan fingerprint density at radius 1 is 1.23 bits per heavy atom. The van der Waals surface area contributed by atoms with Gasteiger partial charge in [-0.1, -0.05) is 12.1 Å². The van der Waals surface area contributed by atoms with E-state index in [1.165, 1.54) is 30.2 Å². The first-order valence-corrected chi connectivity index (χ1v) is 12.9. The third kappa shape index (κ3) is 3.85. The number of carbonyl (C=O) groups excluding carboxylic acids is 1. The van der Waals surface area contributed by atoms with Crippen LogP contribution in [0.1, 0.15) is 29.6 Å². The molecule has 0 radical (unpaired) electrons. The van der Waals surface area contributed by atoms with Gasteiger partial charge in [-0.3, -0.25) is 14.0 Å². The number of thiazole rings is 1. The van der Waals surface area contributed by atoms with E-state index >= 15 is 4.39 Å². The largest absolute Gasteiger partial charge is 0.353 e. The van der Waals surface area contributed by atoms with Gasteiger partial charge in [0.05, 0.1) is 15.6 Å². The lowest BCUT2D eigenvalue weighted by Crippen LogP contribution is -2.36. The molecule has 2 fully saturated rings. The van der Waals surface area contributed by atoms with Crippen LogP contribution in [0.4, 0.5) is 10.2 Å². The summed E-state index contributed by atoms with van der Waals surface area (Å²) in [6, 6.07) is 8.88. The molecule has 8 nitrogen and oxygen atoms in total. The number of amides is 1. The van der Waals surface area contributed by atoms with E-state index in [-0.39, 0.29) is 22.8 Å². The number of carbonyl (C=O) groups is 1. The first-order valence-electron chi connectivity index (χ1n) is 12.1. The molecule has 3 N–H and O–H groups in total. The van der Waals surface area contributed by atoms with Crippen molar-refractivity contribution in [3.8, 4) is 0 Å². The van der Waals surface area contributed by atoms with Gasteiger partial charge < -0.3 is 20.9 Å². The predicted octanol–water partition coefficient (Wildman–Crippen LogP) is 2.56.